The van der Waals surface area contributed by atoms with Gasteiger partial charge in [0.25, 0.3) is 0 Å². The number of amides is 1. The maximum Gasteiger partial charge on any atom is 0.337 e. The van der Waals surface area contributed by atoms with Crippen LogP contribution >= 0.6 is 27.7 Å². The van der Waals surface area contributed by atoms with Gasteiger partial charge in [-0.3, -0.25) is 9.59 Å². The Morgan fingerprint density at radius 1 is 1.45 bits per heavy atom. The van der Waals surface area contributed by atoms with Crippen molar-refractivity contribution in [1.82, 2.24) is 0 Å². The number of carboxylic acid groups (broad SMARTS) is 1. The van der Waals surface area contributed by atoms with Crippen LogP contribution in [0.2, 0.25) is 0 Å². The summed E-state index contributed by atoms with van der Waals surface area (Å²) in [5.74, 6) is -1.25. The van der Waals surface area contributed by atoms with Crippen LogP contribution in [0.15, 0.2) is 22.7 Å². The summed E-state index contributed by atoms with van der Waals surface area (Å²) in [5.41, 5.74) is 0.443. The van der Waals surface area contributed by atoms with Crippen LogP contribution in [-0.4, -0.2) is 33.9 Å². The number of halogens is 1. The summed E-state index contributed by atoms with van der Waals surface area (Å²) < 4.78 is 0.639. The van der Waals surface area contributed by atoms with E-state index < -0.39 is 5.97 Å². The van der Waals surface area contributed by atoms with Crippen molar-refractivity contribution >= 4 is 50.4 Å². The Kier molecular flexibility index (Phi) is 4.49. The monoisotopic (exact) mass is 357 g/mol. The van der Waals surface area contributed by atoms with Gasteiger partial charge in [-0.25, -0.2) is 4.79 Å². The summed E-state index contributed by atoms with van der Waals surface area (Å²) in [5, 5.41) is 9.07. The molecular weight excluding hydrogens is 346 g/mol. The molecule has 1 fully saturated rings. The Morgan fingerprint density at radius 3 is 2.75 bits per heavy atom. The molecule has 1 amide bonds. The molecule has 0 aliphatic carbocycles. The normalized spacial score (nSPS) is 18.4. The highest BCUT2D eigenvalue weighted by Crippen LogP contribution is 2.32. The molecule has 0 bridgehead atoms. The average Bonchev–Trinajstić information content (AvgIpc) is 2.69. The van der Waals surface area contributed by atoms with Gasteiger partial charge in [0.05, 0.1) is 11.3 Å². The molecule has 0 spiro atoms. The van der Waals surface area contributed by atoms with Crippen molar-refractivity contribution in [2.24, 2.45) is 0 Å². The first kappa shape index (κ1) is 15.1. The van der Waals surface area contributed by atoms with Gasteiger partial charge < -0.3 is 10.0 Å². The highest BCUT2D eigenvalue weighted by Gasteiger charge is 2.33. The number of nitrogens with zero attached hydrogens (tertiary/aromatic N) is 1. The smallest absolute Gasteiger partial charge is 0.337 e. The Morgan fingerprint density at radius 2 is 2.15 bits per heavy atom. The first-order valence-electron chi connectivity index (χ1n) is 5.89. The lowest BCUT2D eigenvalue weighted by molar-refractivity contribution is -0.117. The lowest BCUT2D eigenvalue weighted by Crippen LogP contribution is -2.27. The Labute approximate surface area is 128 Å². The molecule has 1 aliphatic rings. The van der Waals surface area contributed by atoms with Gasteiger partial charge in [0.1, 0.15) is 0 Å². The lowest BCUT2D eigenvalue weighted by Gasteiger charge is -2.19. The molecule has 2 rings (SSSR count). The van der Waals surface area contributed by atoms with Gasteiger partial charge in [0.2, 0.25) is 5.91 Å². The molecular formula is C13H12BrNO4S. The van der Waals surface area contributed by atoms with Gasteiger partial charge in [0, 0.05) is 29.6 Å². The predicted molar refractivity (Wildman–Crippen MR) is 80.1 cm³/mol. The summed E-state index contributed by atoms with van der Waals surface area (Å²) in [7, 11) is 0. The van der Waals surface area contributed by atoms with Crippen LogP contribution in [0, 0.1) is 0 Å². The third kappa shape index (κ3) is 3.21. The highest BCUT2D eigenvalue weighted by atomic mass is 79.9. The molecule has 0 radical (unpaired) electrons. The van der Waals surface area contributed by atoms with Crippen molar-refractivity contribution in [2.75, 3.05) is 11.4 Å². The molecule has 1 aromatic carbocycles. The number of hydrogen-bond acceptors (Lipinski definition) is 4. The highest BCUT2D eigenvalue weighted by molar-refractivity contribution is 9.10. The minimum Gasteiger partial charge on any atom is -0.478 e. The van der Waals surface area contributed by atoms with E-state index in [1.165, 1.54) is 17.9 Å². The van der Waals surface area contributed by atoms with Crippen molar-refractivity contribution in [2.45, 2.75) is 18.6 Å². The Bertz CT molecular complexity index is 590. The number of thioether (sulfide) groups is 1. The van der Waals surface area contributed by atoms with E-state index in [1.807, 2.05) is 0 Å². The van der Waals surface area contributed by atoms with E-state index in [1.54, 1.807) is 12.1 Å². The van der Waals surface area contributed by atoms with Crippen molar-refractivity contribution in [3.8, 4) is 0 Å². The molecule has 1 N–H and O–H groups in total. The number of carbonyl (C=O) groups is 3. The minimum absolute atomic E-state index is 0.0427. The molecule has 106 valence electrons. The molecule has 7 heteroatoms. The molecule has 0 aromatic heterocycles. The maximum atomic E-state index is 12.0. The summed E-state index contributed by atoms with van der Waals surface area (Å²) in [6, 6.07) is 4.77. The number of aromatic carboxylic acids is 1. The fourth-order valence-corrected chi connectivity index (χ4v) is 3.42. The second-order valence-corrected chi connectivity index (χ2v) is 6.80. The van der Waals surface area contributed by atoms with Gasteiger partial charge in [-0.1, -0.05) is 27.7 Å². The molecule has 1 saturated heterocycles. The van der Waals surface area contributed by atoms with Gasteiger partial charge in [-0.15, -0.1) is 0 Å². The summed E-state index contributed by atoms with van der Waals surface area (Å²) in [6.45, 7) is 1.81. The van der Waals surface area contributed by atoms with E-state index in [2.05, 4.69) is 15.9 Å². The van der Waals surface area contributed by atoms with E-state index >= 15 is 0 Å². The molecule has 20 heavy (non-hydrogen) atoms. The van der Waals surface area contributed by atoms with E-state index in [4.69, 9.17) is 0 Å². The number of benzene rings is 1. The summed E-state index contributed by atoms with van der Waals surface area (Å²) in [4.78, 5) is 35.8. The van der Waals surface area contributed by atoms with Crippen LogP contribution in [0.1, 0.15) is 23.7 Å². The SMILES string of the molecule is CC(=O)SC1CC(=O)N(c2ccc(Br)cc2C(=O)O)C1. The molecule has 5 nitrogen and oxygen atoms in total. The summed E-state index contributed by atoms with van der Waals surface area (Å²) in [6.07, 6.45) is 0.249. The molecule has 1 heterocycles. The third-order valence-electron chi connectivity index (χ3n) is 2.90. The van der Waals surface area contributed by atoms with Gasteiger partial charge in [0.15, 0.2) is 5.12 Å². The lowest BCUT2D eigenvalue weighted by atomic mass is 10.1. The number of carbonyl (C=O) groups excluding carboxylic acids is 2. The maximum absolute atomic E-state index is 12.0. The van der Waals surface area contributed by atoms with Crippen LogP contribution in [0.4, 0.5) is 5.69 Å². The number of carboxylic acids is 1. The minimum atomic E-state index is -1.09. The van der Waals surface area contributed by atoms with Crippen LogP contribution in [0.25, 0.3) is 0 Å². The van der Waals surface area contributed by atoms with E-state index in [0.717, 1.165) is 11.8 Å². The number of anilines is 1. The fourth-order valence-electron chi connectivity index (χ4n) is 2.14. The quantitative estimate of drug-likeness (QED) is 0.899. The van der Waals surface area contributed by atoms with Crippen molar-refractivity contribution in [3.05, 3.63) is 28.2 Å². The number of rotatable bonds is 3. The second kappa shape index (κ2) is 5.97. The molecule has 0 saturated carbocycles. The van der Waals surface area contributed by atoms with E-state index in [9.17, 15) is 19.5 Å². The largest absolute Gasteiger partial charge is 0.478 e. The van der Waals surface area contributed by atoms with Crippen LogP contribution < -0.4 is 4.90 Å². The zero-order chi connectivity index (χ0) is 14.9. The van der Waals surface area contributed by atoms with Gasteiger partial charge >= 0.3 is 5.97 Å². The average molecular weight is 358 g/mol. The van der Waals surface area contributed by atoms with Crippen LogP contribution in [0.3, 0.4) is 0 Å². The Hall–Kier alpha value is -1.34. The van der Waals surface area contributed by atoms with E-state index in [-0.39, 0.29) is 28.3 Å². The van der Waals surface area contributed by atoms with E-state index in [0.29, 0.717) is 16.7 Å². The fraction of sp³-hybridized carbons (Fsp3) is 0.308. The zero-order valence-electron chi connectivity index (χ0n) is 10.6. The topological polar surface area (TPSA) is 74.7 Å². The van der Waals surface area contributed by atoms with Crippen LogP contribution in [-0.2, 0) is 9.59 Å². The molecule has 1 unspecified atom stereocenters. The zero-order valence-corrected chi connectivity index (χ0v) is 13.0. The molecule has 1 atom stereocenters. The third-order valence-corrected chi connectivity index (χ3v) is 4.38. The van der Waals surface area contributed by atoms with Crippen molar-refractivity contribution in [1.29, 1.82) is 0 Å². The molecule has 1 aromatic rings. The van der Waals surface area contributed by atoms with Crippen LogP contribution in [0.5, 0.6) is 0 Å². The molecule has 1 aliphatic heterocycles. The first-order valence-corrected chi connectivity index (χ1v) is 7.56. The second-order valence-electron chi connectivity index (χ2n) is 4.41. The van der Waals surface area contributed by atoms with Crippen molar-refractivity contribution < 1.29 is 19.5 Å². The first-order chi connectivity index (χ1) is 9.38. The predicted octanol–water partition coefficient (Wildman–Crippen LogP) is 2.53. The standard InChI is InChI=1S/C13H12BrNO4S/c1-7(16)20-9-5-12(17)15(6-9)11-3-2-8(14)4-10(11)13(18)19/h2-4,9H,5-6H2,1H3,(H,18,19). The van der Waals surface area contributed by atoms with Gasteiger partial charge in [-0.2, -0.15) is 0 Å². The van der Waals surface area contributed by atoms with Gasteiger partial charge in [-0.05, 0) is 18.2 Å². The van der Waals surface area contributed by atoms with Crippen molar-refractivity contribution in [3.63, 3.8) is 0 Å². The number of hydrogen-bond donors (Lipinski definition) is 1. The summed E-state index contributed by atoms with van der Waals surface area (Å²) >= 11 is 4.34. The Balaban J connectivity index is 2.30.